The van der Waals surface area contributed by atoms with Gasteiger partial charge in [-0.25, -0.2) is 0 Å². The summed E-state index contributed by atoms with van der Waals surface area (Å²) in [6, 6.07) is 31.6. The SMILES string of the molecule is C=CCc1cc(C)cc(-c2ccccc2-c2cccc3c2Oc2c(ccc4c2-c2ccccc2C4(C)C)O3)n1. The van der Waals surface area contributed by atoms with Crippen molar-refractivity contribution in [2.45, 2.75) is 32.6 Å². The molecule has 0 saturated carbocycles. The van der Waals surface area contributed by atoms with Crippen molar-refractivity contribution in [2.75, 3.05) is 0 Å². The van der Waals surface area contributed by atoms with Gasteiger partial charge in [0.1, 0.15) is 0 Å². The fourth-order valence-corrected chi connectivity index (χ4v) is 6.13. The van der Waals surface area contributed by atoms with E-state index in [1.54, 1.807) is 0 Å². The zero-order valence-electron chi connectivity index (χ0n) is 22.4. The molecule has 0 radical (unpaired) electrons. The van der Waals surface area contributed by atoms with E-state index in [1.807, 2.05) is 24.3 Å². The van der Waals surface area contributed by atoms with Crippen LogP contribution in [0.2, 0.25) is 0 Å². The van der Waals surface area contributed by atoms with Crippen LogP contribution in [0.25, 0.3) is 33.5 Å². The number of pyridine rings is 1. The van der Waals surface area contributed by atoms with Gasteiger partial charge in [-0.1, -0.05) is 86.7 Å². The largest absolute Gasteiger partial charge is 0.449 e. The standard InChI is InChI=1S/C36H29NO2/c1-5-11-23-20-22(2)21-30(37-23)25-13-7-6-12-24(25)26-15-10-17-31-34(26)39-35-32(38-31)19-18-29-33(35)27-14-8-9-16-28(27)36(29,3)4/h5-10,12-21H,1,11H2,2-4H3. The maximum absolute atomic E-state index is 6.87. The lowest BCUT2D eigenvalue weighted by Crippen LogP contribution is -2.15. The van der Waals surface area contributed by atoms with Crippen molar-refractivity contribution in [3.8, 4) is 56.5 Å². The van der Waals surface area contributed by atoms with Crippen LogP contribution in [0.4, 0.5) is 0 Å². The molecule has 0 saturated heterocycles. The molecule has 4 aromatic carbocycles. The first-order valence-electron chi connectivity index (χ1n) is 13.4. The summed E-state index contributed by atoms with van der Waals surface area (Å²) >= 11 is 0. The molecule has 0 N–H and O–H groups in total. The predicted octanol–water partition coefficient (Wildman–Crippen LogP) is 9.66. The molecule has 2 heterocycles. The minimum absolute atomic E-state index is 0.114. The van der Waals surface area contributed by atoms with Crippen molar-refractivity contribution < 1.29 is 9.47 Å². The summed E-state index contributed by atoms with van der Waals surface area (Å²) in [6.07, 6.45) is 2.62. The Morgan fingerprint density at radius 1 is 0.718 bits per heavy atom. The number of allylic oxidation sites excluding steroid dienone is 1. The van der Waals surface area contributed by atoms with Crippen LogP contribution in [-0.4, -0.2) is 4.98 Å². The van der Waals surface area contributed by atoms with E-state index in [9.17, 15) is 0 Å². The Morgan fingerprint density at radius 3 is 2.26 bits per heavy atom. The Hall–Kier alpha value is -4.63. The van der Waals surface area contributed by atoms with Crippen LogP contribution in [0.3, 0.4) is 0 Å². The van der Waals surface area contributed by atoms with Gasteiger partial charge in [-0.3, -0.25) is 4.98 Å². The second-order valence-electron chi connectivity index (χ2n) is 10.9. The van der Waals surface area contributed by atoms with Gasteiger partial charge >= 0.3 is 0 Å². The van der Waals surface area contributed by atoms with Gasteiger partial charge in [-0.05, 0) is 59.0 Å². The predicted molar refractivity (Wildman–Crippen MR) is 158 cm³/mol. The Bertz CT molecular complexity index is 1800. The van der Waals surface area contributed by atoms with Crippen LogP contribution in [0, 0.1) is 6.92 Å². The maximum Gasteiger partial charge on any atom is 0.178 e. The van der Waals surface area contributed by atoms with Crippen molar-refractivity contribution in [2.24, 2.45) is 0 Å². The zero-order valence-corrected chi connectivity index (χ0v) is 22.4. The number of para-hydroxylation sites is 1. The van der Waals surface area contributed by atoms with Gasteiger partial charge < -0.3 is 9.47 Å². The molecular weight excluding hydrogens is 478 g/mol. The molecule has 190 valence electrons. The Kier molecular flexibility index (Phi) is 5.24. The lowest BCUT2D eigenvalue weighted by molar-refractivity contribution is 0.361. The van der Waals surface area contributed by atoms with Crippen LogP contribution in [0.5, 0.6) is 23.0 Å². The molecule has 3 nitrogen and oxygen atoms in total. The summed E-state index contributed by atoms with van der Waals surface area (Å²) in [5.74, 6) is 2.97. The normalized spacial score (nSPS) is 13.8. The van der Waals surface area contributed by atoms with Crippen LogP contribution in [-0.2, 0) is 11.8 Å². The molecule has 1 aromatic heterocycles. The van der Waals surface area contributed by atoms with Crippen molar-refractivity contribution in [3.05, 3.63) is 126 Å². The number of ether oxygens (including phenoxy) is 2. The van der Waals surface area contributed by atoms with Crippen LogP contribution in [0.1, 0.15) is 36.2 Å². The average molecular weight is 508 g/mol. The smallest absolute Gasteiger partial charge is 0.178 e. The summed E-state index contributed by atoms with van der Waals surface area (Å²) in [7, 11) is 0. The second-order valence-corrected chi connectivity index (χ2v) is 10.9. The van der Waals surface area contributed by atoms with Gasteiger partial charge in [0, 0.05) is 34.2 Å². The molecule has 1 aliphatic carbocycles. The minimum Gasteiger partial charge on any atom is -0.449 e. The van der Waals surface area contributed by atoms with Gasteiger partial charge in [0.15, 0.2) is 23.0 Å². The van der Waals surface area contributed by atoms with E-state index in [0.29, 0.717) is 5.75 Å². The van der Waals surface area contributed by atoms with Gasteiger partial charge in [0.05, 0.1) is 5.69 Å². The summed E-state index contributed by atoms with van der Waals surface area (Å²) in [5.41, 5.74) is 11.0. The maximum atomic E-state index is 6.87. The van der Waals surface area contributed by atoms with Gasteiger partial charge in [-0.15, -0.1) is 6.58 Å². The highest BCUT2D eigenvalue weighted by Gasteiger charge is 2.39. The lowest BCUT2D eigenvalue weighted by atomic mass is 9.82. The molecule has 5 aromatic rings. The number of fused-ring (bicyclic) bond motifs is 6. The number of rotatable bonds is 4. The number of benzene rings is 4. The molecule has 0 atom stereocenters. The third-order valence-electron chi connectivity index (χ3n) is 7.94. The monoisotopic (exact) mass is 507 g/mol. The molecule has 39 heavy (non-hydrogen) atoms. The molecule has 0 unspecified atom stereocenters. The number of hydrogen-bond donors (Lipinski definition) is 0. The van der Waals surface area contributed by atoms with Gasteiger partial charge in [0.25, 0.3) is 0 Å². The van der Waals surface area contributed by atoms with Crippen molar-refractivity contribution >= 4 is 0 Å². The number of aryl methyl sites for hydroxylation is 1. The highest BCUT2D eigenvalue weighted by molar-refractivity contribution is 5.91. The molecular formula is C36H29NO2. The lowest BCUT2D eigenvalue weighted by Gasteiger charge is -2.27. The van der Waals surface area contributed by atoms with E-state index in [4.69, 9.17) is 14.5 Å². The van der Waals surface area contributed by atoms with Crippen LogP contribution < -0.4 is 9.47 Å². The first-order chi connectivity index (χ1) is 19.0. The van der Waals surface area contributed by atoms with Crippen LogP contribution in [0.15, 0.2) is 104 Å². The highest BCUT2D eigenvalue weighted by Crippen LogP contribution is 2.59. The fourth-order valence-electron chi connectivity index (χ4n) is 6.13. The first-order valence-corrected chi connectivity index (χ1v) is 13.4. The molecule has 1 aliphatic heterocycles. The third-order valence-corrected chi connectivity index (χ3v) is 7.94. The average Bonchev–Trinajstić information content (AvgIpc) is 3.18. The highest BCUT2D eigenvalue weighted by atomic mass is 16.6. The van der Waals surface area contributed by atoms with Crippen molar-refractivity contribution in [3.63, 3.8) is 0 Å². The third kappa shape index (κ3) is 3.61. The van der Waals surface area contributed by atoms with E-state index in [2.05, 4.69) is 100 Å². The summed E-state index contributed by atoms with van der Waals surface area (Å²) in [6.45, 7) is 10.6. The molecule has 0 bridgehead atoms. The Morgan fingerprint density at radius 2 is 1.44 bits per heavy atom. The quantitative estimate of drug-likeness (QED) is 0.223. The molecule has 0 spiro atoms. The molecule has 0 amide bonds. The van der Waals surface area contributed by atoms with Crippen molar-refractivity contribution in [1.82, 2.24) is 4.98 Å². The second kappa shape index (κ2) is 8.71. The fraction of sp³-hybridized carbons (Fsp3) is 0.139. The number of aromatic nitrogens is 1. The van der Waals surface area contributed by atoms with Crippen molar-refractivity contribution in [1.29, 1.82) is 0 Å². The first kappa shape index (κ1) is 23.5. The van der Waals surface area contributed by atoms with E-state index in [1.165, 1.54) is 22.3 Å². The van der Waals surface area contributed by atoms with Crippen LogP contribution >= 0.6 is 0 Å². The van der Waals surface area contributed by atoms with E-state index >= 15 is 0 Å². The van der Waals surface area contributed by atoms with Gasteiger partial charge in [0.2, 0.25) is 0 Å². The van der Waals surface area contributed by atoms with Gasteiger partial charge in [-0.2, -0.15) is 0 Å². The minimum atomic E-state index is -0.114. The zero-order chi connectivity index (χ0) is 26.7. The summed E-state index contributed by atoms with van der Waals surface area (Å²) in [5, 5.41) is 0. The van der Waals surface area contributed by atoms with E-state index in [-0.39, 0.29) is 5.41 Å². The number of nitrogens with zero attached hydrogens (tertiary/aromatic N) is 1. The topological polar surface area (TPSA) is 31.4 Å². The molecule has 3 heteroatoms. The molecule has 7 rings (SSSR count). The summed E-state index contributed by atoms with van der Waals surface area (Å²) in [4.78, 5) is 4.97. The Labute approximate surface area is 229 Å². The molecule has 2 aliphatic rings. The van der Waals surface area contributed by atoms with E-state index < -0.39 is 0 Å². The molecule has 0 fully saturated rings. The Balaban J connectivity index is 1.40. The summed E-state index contributed by atoms with van der Waals surface area (Å²) < 4.78 is 13.4. The number of hydrogen-bond acceptors (Lipinski definition) is 3. The van der Waals surface area contributed by atoms with E-state index in [0.717, 1.165) is 57.3 Å².